The van der Waals surface area contributed by atoms with E-state index in [0.29, 0.717) is 0 Å². The first-order chi connectivity index (χ1) is 9.69. The van der Waals surface area contributed by atoms with E-state index in [4.69, 9.17) is 9.05 Å². The van der Waals surface area contributed by atoms with Crippen LogP contribution < -0.4 is 0 Å². The first-order valence-corrected chi connectivity index (χ1v) is 10.3. The van der Waals surface area contributed by atoms with Gasteiger partial charge in [0.2, 0.25) is 0 Å². The van der Waals surface area contributed by atoms with Gasteiger partial charge >= 0.3 is 13.3 Å². The van der Waals surface area contributed by atoms with E-state index in [-0.39, 0.29) is 19.0 Å². The lowest BCUT2D eigenvalue weighted by Crippen LogP contribution is -2.51. The van der Waals surface area contributed by atoms with Crippen molar-refractivity contribution in [3.63, 3.8) is 0 Å². The molecule has 2 N–H and O–H groups in total. The smallest absolute Gasteiger partial charge is 0.390 e. The Balaban J connectivity index is 3.19. The zero-order valence-corrected chi connectivity index (χ0v) is 14.6. The third-order valence-electron chi connectivity index (χ3n) is 3.14. The van der Waals surface area contributed by atoms with Crippen molar-refractivity contribution >= 4 is 31.1 Å². The molecule has 1 saturated heterocycles. The maximum atomic E-state index is 14.9. The average molecular weight is 366 g/mol. The van der Waals surface area contributed by atoms with Gasteiger partial charge in [-0.05, 0) is 20.1 Å². The third-order valence-corrected chi connectivity index (χ3v) is 9.04. The van der Waals surface area contributed by atoms with Crippen molar-refractivity contribution in [1.29, 1.82) is 0 Å². The monoisotopic (exact) mass is 366 g/mol. The lowest BCUT2D eigenvalue weighted by atomic mass is 10.1. The molecule has 126 valence electrons. The van der Waals surface area contributed by atoms with Gasteiger partial charge < -0.3 is 19.3 Å². The first kappa shape index (κ1) is 19.7. The van der Waals surface area contributed by atoms with Crippen molar-refractivity contribution in [2.75, 3.05) is 25.2 Å². The van der Waals surface area contributed by atoms with Gasteiger partial charge in [0.25, 0.3) is 0 Å². The van der Waals surface area contributed by atoms with Gasteiger partial charge in [0.05, 0.1) is 25.4 Å². The van der Waals surface area contributed by atoms with Crippen LogP contribution in [0, 0.1) is 0 Å². The number of alkyl halides is 2. The summed E-state index contributed by atoms with van der Waals surface area (Å²) in [6.45, 7) is 2.57. The molecule has 5 nitrogen and oxygen atoms in total. The molecule has 0 aliphatic carbocycles. The second kappa shape index (κ2) is 7.47. The van der Waals surface area contributed by atoms with E-state index in [2.05, 4.69) is 0 Å². The quantitative estimate of drug-likeness (QED) is 0.671. The van der Waals surface area contributed by atoms with E-state index >= 15 is 0 Å². The normalized spacial score (nSPS) is 31.4. The molecule has 1 aliphatic rings. The van der Waals surface area contributed by atoms with Crippen LogP contribution in [-0.4, -0.2) is 57.4 Å². The number of aliphatic hydroxyl groups excluding tert-OH is 2. The van der Waals surface area contributed by atoms with Crippen LogP contribution in [0.15, 0.2) is 0 Å². The maximum absolute atomic E-state index is 14.9. The van der Waals surface area contributed by atoms with Gasteiger partial charge in [-0.25, -0.2) is 0 Å². The van der Waals surface area contributed by atoms with E-state index in [0.717, 1.165) is 23.5 Å². The Morgan fingerprint density at radius 2 is 1.86 bits per heavy atom. The topological polar surface area (TPSA) is 76.0 Å². The molecule has 0 aromatic carbocycles. The number of hydrogen-bond donors (Lipinski definition) is 2. The molecule has 1 heterocycles. The molecule has 0 unspecified atom stereocenters. The number of thioether (sulfide) groups is 2. The highest BCUT2D eigenvalue weighted by Crippen LogP contribution is 2.72. The molecule has 0 radical (unpaired) electrons. The van der Waals surface area contributed by atoms with E-state index in [9.17, 15) is 23.6 Å². The number of rotatable bonds is 7. The summed E-state index contributed by atoms with van der Waals surface area (Å²) in [6.07, 6.45) is -1.34. The molecule has 0 aromatic heterocycles. The van der Waals surface area contributed by atoms with Crippen LogP contribution in [0.25, 0.3) is 0 Å². The molecule has 0 bridgehead atoms. The summed E-state index contributed by atoms with van der Waals surface area (Å²) in [5.41, 5.74) is -3.79. The van der Waals surface area contributed by atoms with Gasteiger partial charge in [-0.2, -0.15) is 8.78 Å². The summed E-state index contributed by atoms with van der Waals surface area (Å²) in [5.74, 6) is -0.0736. The van der Waals surface area contributed by atoms with Crippen LogP contribution >= 0.6 is 31.1 Å². The van der Waals surface area contributed by atoms with Crippen molar-refractivity contribution in [1.82, 2.24) is 0 Å². The van der Waals surface area contributed by atoms with Crippen LogP contribution in [0.2, 0.25) is 0 Å². The van der Waals surface area contributed by atoms with Gasteiger partial charge in [-0.3, -0.25) is 4.57 Å². The van der Waals surface area contributed by atoms with Crippen LogP contribution in [0.1, 0.15) is 20.3 Å². The maximum Gasteiger partial charge on any atom is 0.402 e. The molecule has 10 heteroatoms. The van der Waals surface area contributed by atoms with Crippen molar-refractivity contribution in [3.8, 4) is 0 Å². The van der Waals surface area contributed by atoms with Gasteiger partial charge in [0.15, 0.2) is 0 Å². The molecular formula is C11H21F2O5PS2. The van der Waals surface area contributed by atoms with Crippen molar-refractivity contribution in [2.24, 2.45) is 0 Å². The van der Waals surface area contributed by atoms with Crippen molar-refractivity contribution in [3.05, 3.63) is 0 Å². The van der Waals surface area contributed by atoms with Crippen molar-refractivity contribution in [2.45, 2.75) is 42.2 Å². The average Bonchev–Trinajstić information content (AvgIpc) is 2.42. The predicted octanol–water partition coefficient (Wildman–Crippen LogP) is 2.76. The fraction of sp³-hybridized carbons (Fsp3) is 1.00. The van der Waals surface area contributed by atoms with Gasteiger partial charge in [-0.15, -0.1) is 23.5 Å². The first-order valence-electron chi connectivity index (χ1n) is 6.52. The summed E-state index contributed by atoms with van der Waals surface area (Å²) in [5, 5.41) is 19.3. The predicted molar refractivity (Wildman–Crippen MR) is 81.1 cm³/mol. The Bertz CT molecular complexity index is 391. The molecule has 1 fully saturated rings. The van der Waals surface area contributed by atoms with Gasteiger partial charge in [-0.1, -0.05) is 0 Å². The molecule has 0 saturated carbocycles. The van der Waals surface area contributed by atoms with Gasteiger partial charge in [0.1, 0.15) is 4.08 Å². The van der Waals surface area contributed by atoms with E-state index in [1.165, 1.54) is 20.1 Å². The summed E-state index contributed by atoms with van der Waals surface area (Å²) in [6, 6.07) is 0. The Morgan fingerprint density at radius 1 is 1.33 bits per heavy atom. The molecular weight excluding hydrogens is 345 g/mol. The van der Waals surface area contributed by atoms with Crippen LogP contribution in [0.3, 0.4) is 0 Å². The summed E-state index contributed by atoms with van der Waals surface area (Å²) >= 11 is 1.57. The molecule has 0 spiro atoms. The molecule has 1 aliphatic heterocycles. The summed E-state index contributed by atoms with van der Waals surface area (Å²) in [4.78, 5) is 0. The zero-order valence-electron chi connectivity index (χ0n) is 12.1. The SMILES string of the molecule is CCOP(=O)(OCC)C(F)(F)[C@@]1(SC)C[C@H](O)[C@H](O)CS1. The third kappa shape index (κ3) is 3.59. The van der Waals surface area contributed by atoms with Crippen LogP contribution in [-0.2, 0) is 13.6 Å². The highest BCUT2D eigenvalue weighted by Gasteiger charge is 2.69. The fourth-order valence-corrected chi connectivity index (χ4v) is 7.13. The largest absolute Gasteiger partial charge is 0.402 e. The minimum atomic E-state index is -4.69. The molecule has 3 atom stereocenters. The lowest BCUT2D eigenvalue weighted by molar-refractivity contribution is -0.0185. The van der Waals surface area contributed by atoms with E-state index < -0.39 is 36.0 Å². The molecule has 0 amide bonds. The Kier molecular flexibility index (Phi) is 7.00. The number of hydrogen-bond acceptors (Lipinski definition) is 7. The second-order valence-electron chi connectivity index (χ2n) is 4.48. The minimum Gasteiger partial charge on any atom is -0.390 e. The van der Waals surface area contributed by atoms with Gasteiger partial charge in [0, 0.05) is 12.2 Å². The standard InChI is InChI=1S/C11H21F2O5PS2/c1-4-17-19(16,18-5-2)11(12,13)10(20-3)6-8(14)9(15)7-21-10/h8-9,14-15H,4-7H2,1-3H3/t8-,9+,10+/m0/s1. The molecule has 1 rings (SSSR count). The Morgan fingerprint density at radius 3 is 2.24 bits per heavy atom. The highest BCUT2D eigenvalue weighted by molar-refractivity contribution is 8.18. The Labute approximate surface area is 131 Å². The highest BCUT2D eigenvalue weighted by atomic mass is 32.2. The number of aliphatic hydroxyl groups is 2. The Hall–Kier alpha value is 0.630. The van der Waals surface area contributed by atoms with E-state index in [1.807, 2.05) is 0 Å². The fourth-order valence-electron chi connectivity index (χ4n) is 2.02. The summed E-state index contributed by atoms with van der Waals surface area (Å²) < 4.78 is 50.1. The zero-order chi connectivity index (χ0) is 16.3. The van der Waals surface area contributed by atoms with Crippen molar-refractivity contribution < 1.29 is 32.6 Å². The lowest BCUT2D eigenvalue weighted by Gasteiger charge is -2.45. The van der Waals surface area contributed by atoms with Crippen LogP contribution in [0.5, 0.6) is 0 Å². The van der Waals surface area contributed by atoms with Crippen LogP contribution in [0.4, 0.5) is 8.78 Å². The summed E-state index contributed by atoms with van der Waals surface area (Å²) in [7, 11) is -4.69. The molecule has 0 aromatic rings. The minimum absolute atomic E-state index is 0.0736. The number of halogens is 2. The van der Waals surface area contributed by atoms with E-state index in [1.54, 1.807) is 0 Å². The second-order valence-corrected chi connectivity index (χ2v) is 9.24. The molecule has 21 heavy (non-hydrogen) atoms.